The number of benzene rings is 3. The number of hydrogen-bond acceptors (Lipinski definition) is 3. The van der Waals surface area contributed by atoms with Crippen molar-refractivity contribution < 1.29 is 9.59 Å². The third-order valence-electron chi connectivity index (χ3n) is 4.28. The SMILES string of the molecule is O=C(Nc1cccc(C(=O)c2ccccc2)c1)c1cnn(-c2ccccc2)c1. The Morgan fingerprint density at radius 2 is 1.43 bits per heavy atom. The highest BCUT2D eigenvalue weighted by atomic mass is 16.1. The molecular formula is C23H17N3O2. The van der Waals surface area contributed by atoms with Crippen molar-refractivity contribution in [3.63, 3.8) is 0 Å². The molecule has 4 rings (SSSR count). The second-order valence-electron chi connectivity index (χ2n) is 6.24. The van der Waals surface area contributed by atoms with Gasteiger partial charge in [0.05, 0.1) is 17.4 Å². The summed E-state index contributed by atoms with van der Waals surface area (Å²) in [5.74, 6) is -0.375. The summed E-state index contributed by atoms with van der Waals surface area (Å²) in [5.41, 5.74) is 2.99. The molecule has 136 valence electrons. The van der Waals surface area contributed by atoms with E-state index in [1.54, 1.807) is 47.3 Å². The van der Waals surface area contributed by atoms with Gasteiger partial charge in [0.2, 0.25) is 0 Å². The molecule has 5 heteroatoms. The zero-order chi connectivity index (χ0) is 19.3. The van der Waals surface area contributed by atoms with Crippen LogP contribution in [0.15, 0.2) is 97.3 Å². The molecule has 0 saturated heterocycles. The van der Waals surface area contributed by atoms with Crippen LogP contribution in [0.1, 0.15) is 26.3 Å². The van der Waals surface area contributed by atoms with Gasteiger partial charge in [-0.25, -0.2) is 4.68 Å². The first-order valence-electron chi connectivity index (χ1n) is 8.82. The van der Waals surface area contributed by atoms with Gasteiger partial charge < -0.3 is 5.32 Å². The fourth-order valence-corrected chi connectivity index (χ4v) is 2.86. The summed E-state index contributed by atoms with van der Waals surface area (Å²) in [7, 11) is 0. The number of hydrogen-bond donors (Lipinski definition) is 1. The van der Waals surface area contributed by atoms with Crippen LogP contribution in [0, 0.1) is 0 Å². The van der Waals surface area contributed by atoms with Crippen LogP contribution in [0.4, 0.5) is 5.69 Å². The maximum Gasteiger partial charge on any atom is 0.258 e. The topological polar surface area (TPSA) is 64.0 Å². The second kappa shape index (κ2) is 7.72. The van der Waals surface area contributed by atoms with Crippen molar-refractivity contribution in [2.75, 3.05) is 5.32 Å². The molecule has 0 atom stereocenters. The summed E-state index contributed by atoms with van der Waals surface area (Å²) < 4.78 is 1.64. The molecule has 28 heavy (non-hydrogen) atoms. The molecule has 5 nitrogen and oxygen atoms in total. The number of carbonyl (C=O) groups excluding carboxylic acids is 2. The Labute approximate surface area is 162 Å². The quantitative estimate of drug-likeness (QED) is 0.533. The second-order valence-corrected chi connectivity index (χ2v) is 6.24. The van der Waals surface area contributed by atoms with Crippen molar-refractivity contribution in [2.45, 2.75) is 0 Å². The number of aromatic nitrogens is 2. The van der Waals surface area contributed by atoms with Crippen LogP contribution in [0.5, 0.6) is 0 Å². The summed E-state index contributed by atoms with van der Waals surface area (Å²) in [5, 5.41) is 7.06. The molecule has 1 N–H and O–H groups in total. The lowest BCUT2D eigenvalue weighted by atomic mass is 10.0. The van der Waals surface area contributed by atoms with Crippen molar-refractivity contribution in [3.8, 4) is 5.69 Å². The first-order valence-corrected chi connectivity index (χ1v) is 8.82. The van der Waals surface area contributed by atoms with Gasteiger partial charge in [0, 0.05) is 23.0 Å². The maximum absolute atomic E-state index is 12.6. The van der Waals surface area contributed by atoms with Crippen LogP contribution in [-0.2, 0) is 0 Å². The number of ketones is 1. The highest BCUT2D eigenvalue weighted by Crippen LogP contribution is 2.16. The van der Waals surface area contributed by atoms with Crippen molar-refractivity contribution in [1.29, 1.82) is 0 Å². The van der Waals surface area contributed by atoms with Gasteiger partial charge in [-0.05, 0) is 24.3 Å². The van der Waals surface area contributed by atoms with Crippen LogP contribution in [0.25, 0.3) is 5.69 Å². The van der Waals surface area contributed by atoms with Crippen molar-refractivity contribution in [1.82, 2.24) is 9.78 Å². The van der Waals surface area contributed by atoms with E-state index >= 15 is 0 Å². The molecule has 1 amide bonds. The molecule has 0 radical (unpaired) electrons. The maximum atomic E-state index is 12.6. The standard InChI is InChI=1S/C23H17N3O2/c27-22(17-8-3-1-4-9-17)18-10-7-11-20(14-18)25-23(28)19-15-24-26(16-19)21-12-5-2-6-13-21/h1-16H,(H,25,28). The van der Waals surface area contributed by atoms with Gasteiger partial charge in [0.15, 0.2) is 5.78 Å². The molecule has 0 bridgehead atoms. The average molecular weight is 367 g/mol. The fourth-order valence-electron chi connectivity index (χ4n) is 2.86. The molecule has 1 heterocycles. The van der Waals surface area contributed by atoms with E-state index < -0.39 is 0 Å². The highest BCUT2D eigenvalue weighted by molar-refractivity contribution is 6.10. The number of rotatable bonds is 5. The minimum absolute atomic E-state index is 0.0893. The van der Waals surface area contributed by atoms with Gasteiger partial charge in [-0.2, -0.15) is 5.10 Å². The molecule has 3 aromatic carbocycles. The van der Waals surface area contributed by atoms with Gasteiger partial charge in [0.1, 0.15) is 0 Å². The Bertz CT molecular complexity index is 1120. The van der Waals surface area contributed by atoms with Gasteiger partial charge in [0.25, 0.3) is 5.91 Å². The van der Waals surface area contributed by atoms with E-state index in [0.29, 0.717) is 22.4 Å². The lowest BCUT2D eigenvalue weighted by molar-refractivity contribution is 0.102. The number of amides is 1. The number of nitrogens with one attached hydrogen (secondary N) is 1. The van der Waals surface area contributed by atoms with Crippen LogP contribution in [-0.4, -0.2) is 21.5 Å². The molecule has 0 spiro atoms. The van der Waals surface area contributed by atoms with Crippen LogP contribution < -0.4 is 5.32 Å². The van der Waals surface area contributed by atoms with E-state index in [1.165, 1.54) is 6.20 Å². The monoisotopic (exact) mass is 367 g/mol. The summed E-state index contributed by atoms with van der Waals surface area (Å²) in [6.45, 7) is 0. The molecular weight excluding hydrogens is 350 g/mol. The van der Waals surface area contributed by atoms with Gasteiger partial charge in [-0.1, -0.05) is 60.7 Å². The Morgan fingerprint density at radius 3 is 2.18 bits per heavy atom. The zero-order valence-corrected chi connectivity index (χ0v) is 14.9. The summed E-state index contributed by atoms with van der Waals surface area (Å²) >= 11 is 0. The Morgan fingerprint density at radius 1 is 0.750 bits per heavy atom. The first kappa shape index (κ1) is 17.4. The number of para-hydroxylation sites is 1. The number of nitrogens with zero attached hydrogens (tertiary/aromatic N) is 2. The van der Waals surface area contributed by atoms with Gasteiger partial charge >= 0.3 is 0 Å². The third-order valence-corrected chi connectivity index (χ3v) is 4.28. The van der Waals surface area contributed by atoms with E-state index in [-0.39, 0.29) is 11.7 Å². The Hall–Kier alpha value is -3.99. The van der Waals surface area contributed by atoms with Gasteiger partial charge in [-0.15, -0.1) is 0 Å². The molecule has 0 fully saturated rings. The van der Waals surface area contributed by atoms with Crippen molar-refractivity contribution in [2.24, 2.45) is 0 Å². The van der Waals surface area contributed by atoms with Crippen LogP contribution in [0.3, 0.4) is 0 Å². The molecule has 1 aromatic heterocycles. The minimum atomic E-state index is -0.286. The Balaban J connectivity index is 1.51. The third kappa shape index (κ3) is 3.73. The lowest BCUT2D eigenvalue weighted by Crippen LogP contribution is -2.12. The highest BCUT2D eigenvalue weighted by Gasteiger charge is 2.12. The normalized spacial score (nSPS) is 10.4. The first-order chi connectivity index (χ1) is 13.7. The van der Waals surface area contributed by atoms with Crippen molar-refractivity contribution >= 4 is 17.4 Å². The smallest absolute Gasteiger partial charge is 0.258 e. The largest absolute Gasteiger partial charge is 0.322 e. The fraction of sp³-hybridized carbons (Fsp3) is 0. The average Bonchev–Trinajstić information content (AvgIpc) is 3.25. The Kier molecular flexibility index (Phi) is 4.80. The molecule has 0 aliphatic rings. The minimum Gasteiger partial charge on any atom is -0.322 e. The lowest BCUT2D eigenvalue weighted by Gasteiger charge is -2.06. The predicted octanol–water partition coefficient (Wildman–Crippen LogP) is 4.36. The zero-order valence-electron chi connectivity index (χ0n) is 14.9. The molecule has 0 aliphatic heterocycles. The van der Waals surface area contributed by atoms with Crippen LogP contribution in [0.2, 0.25) is 0 Å². The predicted molar refractivity (Wildman–Crippen MR) is 108 cm³/mol. The molecule has 4 aromatic rings. The summed E-state index contributed by atoms with van der Waals surface area (Å²) in [6, 6.07) is 25.5. The van der Waals surface area contributed by atoms with E-state index in [4.69, 9.17) is 0 Å². The number of anilines is 1. The van der Waals surface area contributed by atoms with E-state index in [9.17, 15) is 9.59 Å². The number of carbonyl (C=O) groups is 2. The van der Waals surface area contributed by atoms with Crippen molar-refractivity contribution in [3.05, 3.63) is 114 Å². The van der Waals surface area contributed by atoms with E-state index in [2.05, 4.69) is 10.4 Å². The van der Waals surface area contributed by atoms with E-state index in [1.807, 2.05) is 48.5 Å². The van der Waals surface area contributed by atoms with Gasteiger partial charge in [-0.3, -0.25) is 9.59 Å². The van der Waals surface area contributed by atoms with Crippen LogP contribution >= 0.6 is 0 Å². The summed E-state index contributed by atoms with van der Waals surface area (Å²) in [6.07, 6.45) is 3.19. The molecule has 0 unspecified atom stereocenters. The summed E-state index contributed by atoms with van der Waals surface area (Å²) in [4.78, 5) is 25.1. The molecule has 0 aliphatic carbocycles. The molecule has 0 saturated carbocycles. The van der Waals surface area contributed by atoms with E-state index in [0.717, 1.165) is 5.69 Å².